The molecular weight excluding hydrogens is 364 g/mol. The molecule has 0 saturated heterocycles. The molecule has 1 aromatic carbocycles. The minimum Gasteiger partial charge on any atom is -0.465 e. The van der Waals surface area contributed by atoms with Crippen LogP contribution in [-0.2, 0) is 4.74 Å². The third-order valence-electron chi connectivity index (χ3n) is 4.22. The number of nitrogens with zero attached hydrogens (tertiary/aromatic N) is 3. The Labute approximate surface area is 161 Å². The summed E-state index contributed by atoms with van der Waals surface area (Å²) in [5, 5.41) is 4.51. The maximum atomic E-state index is 12.9. The van der Waals surface area contributed by atoms with Crippen LogP contribution in [0.25, 0.3) is 5.69 Å². The lowest BCUT2D eigenvalue weighted by molar-refractivity contribution is 0.0599. The average molecular weight is 384 g/mol. The van der Waals surface area contributed by atoms with Gasteiger partial charge >= 0.3 is 5.97 Å². The Balaban J connectivity index is 1.77. The van der Waals surface area contributed by atoms with Crippen LogP contribution < -0.4 is 0 Å². The number of aromatic amines is 1. The third-order valence-corrected chi connectivity index (χ3v) is 5.18. The fourth-order valence-electron chi connectivity index (χ4n) is 2.83. The Morgan fingerprint density at radius 2 is 1.93 bits per heavy atom. The first-order valence-electron chi connectivity index (χ1n) is 8.37. The molecule has 0 amide bonds. The molecule has 2 aromatic heterocycles. The highest BCUT2D eigenvalue weighted by Crippen LogP contribution is 2.26. The van der Waals surface area contributed by atoms with Gasteiger partial charge in [0.2, 0.25) is 5.16 Å². The quantitative estimate of drug-likeness (QED) is 0.398. The number of carbonyl (C=O) groups is 2. The summed E-state index contributed by atoms with van der Waals surface area (Å²) in [6, 6.07) is 9.63. The van der Waals surface area contributed by atoms with Gasteiger partial charge in [0.05, 0.1) is 29.3 Å². The number of benzene rings is 1. The number of Topliss-reactive ketones (excluding diaryl/α,β-unsaturated/α-hetero) is 1. The maximum absolute atomic E-state index is 12.9. The molecule has 140 valence electrons. The number of hydrogen-bond acceptors (Lipinski definition) is 6. The van der Waals surface area contributed by atoms with Gasteiger partial charge in [0.1, 0.15) is 6.33 Å². The minimum atomic E-state index is -0.455. The highest BCUT2D eigenvalue weighted by molar-refractivity contribution is 8.00. The molecule has 3 aromatic rings. The molecule has 0 aliphatic rings. The Morgan fingerprint density at radius 3 is 2.59 bits per heavy atom. The van der Waals surface area contributed by atoms with E-state index < -0.39 is 11.2 Å². The van der Waals surface area contributed by atoms with Crippen molar-refractivity contribution in [1.82, 2.24) is 19.7 Å². The van der Waals surface area contributed by atoms with E-state index in [-0.39, 0.29) is 5.78 Å². The normalized spacial score (nSPS) is 12.0. The van der Waals surface area contributed by atoms with Crippen LogP contribution in [-0.4, -0.2) is 43.9 Å². The van der Waals surface area contributed by atoms with Crippen LogP contribution >= 0.6 is 11.8 Å². The molecule has 0 unspecified atom stereocenters. The molecule has 1 atom stereocenters. The van der Waals surface area contributed by atoms with Crippen LogP contribution in [0.15, 0.2) is 41.8 Å². The van der Waals surface area contributed by atoms with Crippen LogP contribution in [0.2, 0.25) is 0 Å². The van der Waals surface area contributed by atoms with Gasteiger partial charge in [-0.15, -0.1) is 5.10 Å². The van der Waals surface area contributed by atoms with E-state index in [2.05, 4.69) is 15.1 Å². The van der Waals surface area contributed by atoms with Crippen molar-refractivity contribution in [3.8, 4) is 5.69 Å². The number of nitrogens with one attached hydrogen (secondary N) is 1. The molecule has 0 spiro atoms. The highest BCUT2D eigenvalue weighted by Gasteiger charge is 2.26. The zero-order valence-corrected chi connectivity index (χ0v) is 16.3. The van der Waals surface area contributed by atoms with E-state index in [1.54, 1.807) is 31.8 Å². The monoisotopic (exact) mass is 384 g/mol. The molecule has 3 rings (SSSR count). The summed E-state index contributed by atoms with van der Waals surface area (Å²) in [6.07, 6.45) is 1.62. The van der Waals surface area contributed by atoms with Crippen LogP contribution in [0.3, 0.4) is 0 Å². The van der Waals surface area contributed by atoms with Crippen molar-refractivity contribution in [3.63, 3.8) is 0 Å². The van der Waals surface area contributed by atoms with Crippen molar-refractivity contribution >= 4 is 23.5 Å². The van der Waals surface area contributed by atoms with Gasteiger partial charge in [-0.1, -0.05) is 30.0 Å². The second-order valence-electron chi connectivity index (χ2n) is 6.05. The van der Waals surface area contributed by atoms with E-state index in [0.29, 0.717) is 27.7 Å². The van der Waals surface area contributed by atoms with Crippen LogP contribution in [0, 0.1) is 13.8 Å². The molecule has 0 fully saturated rings. The van der Waals surface area contributed by atoms with Crippen molar-refractivity contribution in [1.29, 1.82) is 0 Å². The van der Waals surface area contributed by atoms with E-state index in [4.69, 9.17) is 4.74 Å². The number of ether oxygens (including phenoxy) is 1. The van der Waals surface area contributed by atoms with E-state index in [1.165, 1.54) is 18.9 Å². The Morgan fingerprint density at radius 1 is 1.22 bits per heavy atom. The molecule has 7 nitrogen and oxygen atoms in total. The second-order valence-corrected chi connectivity index (χ2v) is 7.36. The first kappa shape index (κ1) is 18.9. The average Bonchev–Trinajstić information content (AvgIpc) is 3.25. The van der Waals surface area contributed by atoms with Crippen molar-refractivity contribution in [3.05, 3.63) is 59.2 Å². The van der Waals surface area contributed by atoms with Gasteiger partial charge in [-0.3, -0.25) is 4.79 Å². The zero-order chi connectivity index (χ0) is 19.6. The second kappa shape index (κ2) is 7.79. The Hall–Kier alpha value is -2.87. The standard InChI is InChI=1S/C19H20N4O3S/c1-11-15(18(25)26-4)12(2)21-16(11)17(24)13(3)27-19-20-10-23(22-19)14-8-6-5-7-9-14/h5-10,13,21H,1-4H3/t13-/m0/s1. The molecule has 0 radical (unpaired) electrons. The molecule has 0 aliphatic heterocycles. The number of thioether (sulfide) groups is 1. The number of methoxy groups -OCH3 is 1. The fraction of sp³-hybridized carbons (Fsp3) is 0.263. The van der Waals surface area contributed by atoms with Crippen LogP contribution in [0.4, 0.5) is 0 Å². The number of aryl methyl sites for hydroxylation is 1. The van der Waals surface area contributed by atoms with E-state index in [0.717, 1.165) is 5.69 Å². The molecule has 0 saturated carbocycles. The van der Waals surface area contributed by atoms with Gasteiger partial charge in [-0.25, -0.2) is 14.5 Å². The first-order valence-corrected chi connectivity index (χ1v) is 9.25. The van der Waals surface area contributed by atoms with Crippen molar-refractivity contribution in [2.45, 2.75) is 31.2 Å². The lowest BCUT2D eigenvalue weighted by atomic mass is 10.1. The summed E-state index contributed by atoms with van der Waals surface area (Å²) in [6.45, 7) is 5.28. The maximum Gasteiger partial charge on any atom is 0.339 e. The number of carbonyl (C=O) groups excluding carboxylic acids is 2. The highest BCUT2D eigenvalue weighted by atomic mass is 32.2. The number of ketones is 1. The largest absolute Gasteiger partial charge is 0.465 e. The lowest BCUT2D eigenvalue weighted by Crippen LogP contribution is -2.15. The molecule has 2 heterocycles. The summed E-state index contributed by atoms with van der Waals surface area (Å²) in [5.74, 6) is -0.573. The van der Waals surface area contributed by atoms with Crippen molar-refractivity contribution in [2.24, 2.45) is 0 Å². The predicted molar refractivity (Wildman–Crippen MR) is 103 cm³/mol. The lowest BCUT2D eigenvalue weighted by Gasteiger charge is -2.07. The van der Waals surface area contributed by atoms with Crippen molar-refractivity contribution in [2.75, 3.05) is 7.11 Å². The molecule has 27 heavy (non-hydrogen) atoms. The van der Waals surface area contributed by atoms with Gasteiger partial charge < -0.3 is 9.72 Å². The van der Waals surface area contributed by atoms with E-state index >= 15 is 0 Å². The molecule has 8 heteroatoms. The number of H-pyrrole nitrogens is 1. The van der Waals surface area contributed by atoms with E-state index in [9.17, 15) is 9.59 Å². The fourth-order valence-corrected chi connectivity index (χ4v) is 3.61. The third kappa shape index (κ3) is 3.80. The summed E-state index contributed by atoms with van der Waals surface area (Å²) < 4.78 is 6.46. The molecule has 0 aliphatic carbocycles. The van der Waals surface area contributed by atoms with Gasteiger partial charge in [-0.05, 0) is 38.5 Å². The summed E-state index contributed by atoms with van der Waals surface area (Å²) >= 11 is 1.27. The number of esters is 1. The Bertz CT molecular complexity index is 978. The molecular formula is C19H20N4O3S. The van der Waals surface area contributed by atoms with E-state index in [1.807, 2.05) is 30.3 Å². The topological polar surface area (TPSA) is 89.9 Å². The summed E-state index contributed by atoms with van der Waals surface area (Å²) in [4.78, 5) is 32.1. The first-order chi connectivity index (χ1) is 12.9. The number of aromatic nitrogens is 4. The number of para-hydroxylation sites is 1. The molecule has 0 bridgehead atoms. The number of rotatable bonds is 6. The van der Waals surface area contributed by atoms with Crippen molar-refractivity contribution < 1.29 is 14.3 Å². The minimum absolute atomic E-state index is 0.119. The van der Waals surface area contributed by atoms with Gasteiger partial charge in [0, 0.05) is 5.69 Å². The smallest absolute Gasteiger partial charge is 0.339 e. The van der Waals surface area contributed by atoms with Gasteiger partial charge in [0.25, 0.3) is 0 Å². The SMILES string of the molecule is COC(=O)c1c(C)[nH]c(C(=O)[C@H](C)Sc2ncn(-c3ccccc3)n2)c1C. The van der Waals surface area contributed by atoms with Crippen LogP contribution in [0.5, 0.6) is 0 Å². The van der Waals surface area contributed by atoms with Gasteiger partial charge in [-0.2, -0.15) is 0 Å². The number of hydrogen-bond donors (Lipinski definition) is 1. The van der Waals surface area contributed by atoms with Crippen LogP contribution in [0.1, 0.15) is 39.0 Å². The summed E-state index contributed by atoms with van der Waals surface area (Å²) in [7, 11) is 1.32. The predicted octanol–water partition coefficient (Wildman–Crippen LogP) is 3.36. The Kier molecular flexibility index (Phi) is 5.46. The molecule has 1 N–H and O–H groups in total. The van der Waals surface area contributed by atoms with Gasteiger partial charge in [0.15, 0.2) is 5.78 Å². The zero-order valence-electron chi connectivity index (χ0n) is 15.5. The summed E-state index contributed by atoms with van der Waals surface area (Å²) in [5.41, 5.74) is 2.93.